The van der Waals surface area contributed by atoms with Crippen LogP contribution in [0.4, 0.5) is 4.79 Å². The van der Waals surface area contributed by atoms with Gasteiger partial charge in [-0.2, -0.15) is 5.26 Å². The Kier molecular flexibility index (Phi) is 5.36. The smallest absolute Gasteiger partial charge is 0.411 e. The molecule has 0 radical (unpaired) electrons. The number of hydrogen-bond donors (Lipinski definition) is 0. The van der Waals surface area contributed by atoms with E-state index in [1.54, 1.807) is 17.3 Å². The number of hydrogen-bond acceptors (Lipinski definition) is 4. The van der Waals surface area contributed by atoms with Crippen LogP contribution in [0.3, 0.4) is 0 Å². The maximum Gasteiger partial charge on any atom is 0.411 e. The van der Waals surface area contributed by atoms with Crippen molar-refractivity contribution in [2.24, 2.45) is 0 Å². The molecule has 3 atom stereocenters. The predicted octanol–water partition coefficient (Wildman–Crippen LogP) is 4.41. The zero-order valence-electron chi connectivity index (χ0n) is 18.1. The van der Waals surface area contributed by atoms with Crippen molar-refractivity contribution >= 4 is 14.2 Å². The van der Waals surface area contributed by atoms with Gasteiger partial charge in [-0.05, 0) is 45.2 Å². The molecule has 29 heavy (non-hydrogen) atoms. The summed E-state index contributed by atoms with van der Waals surface area (Å²) >= 11 is 0. The molecule has 6 heteroatoms. The summed E-state index contributed by atoms with van der Waals surface area (Å²) in [7, 11) is -1.50. The molecule has 0 N–H and O–H groups in total. The number of rotatable bonds is 1. The van der Waals surface area contributed by atoms with Crippen LogP contribution in [0.5, 0.6) is 0 Å². The molecule has 2 bridgehead atoms. The fourth-order valence-corrected chi connectivity index (χ4v) is 4.34. The monoisotopic (exact) mass is 407 g/mol. The van der Waals surface area contributed by atoms with Gasteiger partial charge in [0.15, 0.2) is 0 Å². The summed E-state index contributed by atoms with van der Waals surface area (Å²) in [4.78, 5) is 18.8. The van der Waals surface area contributed by atoms with Crippen molar-refractivity contribution in [3.05, 3.63) is 41.7 Å². The summed E-state index contributed by atoms with van der Waals surface area (Å²) in [5.74, 6) is 3.24. The lowest BCUT2D eigenvalue weighted by Crippen LogP contribution is -2.53. The summed E-state index contributed by atoms with van der Waals surface area (Å²) < 4.78 is 5.59. The molecule has 152 valence electrons. The van der Waals surface area contributed by atoms with Crippen LogP contribution in [0.25, 0.3) is 0 Å². The van der Waals surface area contributed by atoms with Crippen molar-refractivity contribution in [3.8, 4) is 17.5 Å². The molecule has 1 amide bonds. The first-order chi connectivity index (χ1) is 13.4. The molecule has 3 heterocycles. The highest BCUT2D eigenvalue weighted by molar-refractivity contribution is 6.83. The third-order valence-electron chi connectivity index (χ3n) is 5.08. The van der Waals surface area contributed by atoms with Crippen LogP contribution in [-0.4, -0.2) is 41.7 Å². The molecule has 5 nitrogen and oxygen atoms in total. The van der Waals surface area contributed by atoms with E-state index in [4.69, 9.17) is 4.74 Å². The number of fused-ring (bicyclic) bond motifs is 2. The van der Waals surface area contributed by atoms with Crippen LogP contribution in [0.2, 0.25) is 19.6 Å². The van der Waals surface area contributed by atoms with Crippen molar-refractivity contribution in [1.82, 2.24) is 9.88 Å². The second kappa shape index (κ2) is 7.35. The van der Waals surface area contributed by atoms with Gasteiger partial charge in [-0.25, -0.2) is 4.79 Å². The van der Waals surface area contributed by atoms with Gasteiger partial charge >= 0.3 is 6.09 Å². The molecule has 1 aromatic heterocycles. The lowest BCUT2D eigenvalue weighted by atomic mass is 9.71. The molecule has 2 aliphatic rings. The molecular weight excluding hydrogens is 378 g/mol. The van der Waals surface area contributed by atoms with E-state index >= 15 is 0 Å². The first kappa shape index (κ1) is 21.1. The highest BCUT2D eigenvalue weighted by atomic mass is 28.3. The number of piperidine rings is 1. The molecule has 0 saturated carbocycles. The van der Waals surface area contributed by atoms with Crippen LogP contribution < -0.4 is 0 Å². The highest BCUT2D eigenvalue weighted by Crippen LogP contribution is 2.44. The normalized spacial score (nSPS) is 25.8. The molecule has 0 aromatic carbocycles. The van der Waals surface area contributed by atoms with Crippen LogP contribution >= 0.6 is 0 Å². The Labute approximate surface area is 174 Å². The molecule has 3 rings (SSSR count). The average molecular weight is 408 g/mol. The quantitative estimate of drug-likeness (QED) is 0.393. The zero-order chi connectivity index (χ0) is 21.4. The minimum absolute atomic E-state index is 0.153. The van der Waals surface area contributed by atoms with Gasteiger partial charge in [0.1, 0.15) is 13.7 Å². The zero-order valence-corrected chi connectivity index (χ0v) is 19.1. The Bertz CT molecular complexity index is 922. The van der Waals surface area contributed by atoms with Crippen LogP contribution in [0.1, 0.15) is 44.7 Å². The molecular formula is C23H29N3O2Si. The lowest BCUT2D eigenvalue weighted by Gasteiger charge is -2.43. The largest absolute Gasteiger partial charge is 0.444 e. The van der Waals surface area contributed by atoms with Gasteiger partial charge in [0, 0.05) is 18.0 Å². The second-order valence-electron chi connectivity index (χ2n) is 9.97. The Morgan fingerprint density at radius 3 is 2.38 bits per heavy atom. The number of pyridine rings is 1. The van der Waals surface area contributed by atoms with E-state index < -0.39 is 19.1 Å². The highest BCUT2D eigenvalue weighted by Gasteiger charge is 2.50. The number of carbonyl (C=O) groups excluding carboxylic acids is 1. The average Bonchev–Trinajstić information content (AvgIpc) is 2.89. The van der Waals surface area contributed by atoms with E-state index in [2.05, 4.69) is 42.2 Å². The lowest BCUT2D eigenvalue weighted by molar-refractivity contribution is 0.00562. The minimum atomic E-state index is -1.50. The summed E-state index contributed by atoms with van der Waals surface area (Å²) in [5, 5.41) is 10.2. The Morgan fingerprint density at radius 1 is 1.24 bits per heavy atom. The molecule has 1 aromatic rings. The van der Waals surface area contributed by atoms with E-state index in [-0.39, 0.29) is 18.2 Å². The van der Waals surface area contributed by atoms with E-state index in [0.29, 0.717) is 12.8 Å². The van der Waals surface area contributed by atoms with Gasteiger partial charge < -0.3 is 4.74 Å². The summed E-state index contributed by atoms with van der Waals surface area (Å²) in [6.07, 6.45) is 8.31. The van der Waals surface area contributed by atoms with Crippen molar-refractivity contribution in [2.45, 2.75) is 76.4 Å². The number of aromatic nitrogens is 1. The van der Waals surface area contributed by atoms with E-state index in [1.165, 1.54) is 0 Å². The number of amides is 1. The first-order valence-electron chi connectivity index (χ1n) is 10.0. The molecule has 2 aliphatic heterocycles. The van der Waals surface area contributed by atoms with Crippen LogP contribution in [0, 0.1) is 22.8 Å². The van der Waals surface area contributed by atoms with E-state index in [9.17, 15) is 10.1 Å². The molecule has 1 fully saturated rings. The fourth-order valence-electron chi connectivity index (χ4n) is 3.82. The van der Waals surface area contributed by atoms with Gasteiger partial charge in [-0.3, -0.25) is 9.88 Å². The van der Waals surface area contributed by atoms with Crippen molar-refractivity contribution in [1.29, 1.82) is 5.26 Å². The topological polar surface area (TPSA) is 66.2 Å². The predicted molar refractivity (Wildman–Crippen MR) is 116 cm³/mol. The molecule has 0 aliphatic carbocycles. The van der Waals surface area contributed by atoms with Gasteiger partial charge in [-0.15, -0.1) is 5.54 Å². The maximum absolute atomic E-state index is 12.7. The number of nitrogens with zero attached hydrogens (tertiary/aromatic N) is 3. The number of ether oxygens (including phenoxy) is 1. The molecule has 1 unspecified atom stereocenters. The van der Waals surface area contributed by atoms with Gasteiger partial charge in [-0.1, -0.05) is 37.7 Å². The Morgan fingerprint density at radius 2 is 1.86 bits per heavy atom. The van der Waals surface area contributed by atoms with Crippen LogP contribution in [0.15, 0.2) is 30.6 Å². The third kappa shape index (κ3) is 4.71. The van der Waals surface area contributed by atoms with Gasteiger partial charge in [0.2, 0.25) is 0 Å². The number of nitriles is 1. The summed E-state index contributed by atoms with van der Waals surface area (Å²) in [6, 6.07) is 4.23. The minimum Gasteiger partial charge on any atom is -0.444 e. The Hall–Kier alpha value is -2.57. The second-order valence-corrected chi connectivity index (χ2v) is 14.7. The van der Waals surface area contributed by atoms with Gasteiger partial charge in [0.25, 0.3) is 0 Å². The molecule has 1 saturated heterocycles. The summed E-state index contributed by atoms with van der Waals surface area (Å²) in [6.45, 7) is 12.2. The number of carbonyl (C=O) groups is 1. The van der Waals surface area contributed by atoms with E-state index in [1.807, 2.05) is 39.0 Å². The molecule has 0 spiro atoms. The fraction of sp³-hybridized carbons (Fsp3) is 0.522. The van der Waals surface area contributed by atoms with Gasteiger partial charge in [0.05, 0.1) is 23.6 Å². The van der Waals surface area contributed by atoms with E-state index in [0.717, 1.165) is 11.1 Å². The standard InChI is InChI=1S/C23H29N3O2Si/c1-22(2,3)28-21(27)26-19-7-8-20(26)13-23(12-19,16-24)18-11-17(14-25-15-18)9-10-29(4,5)6/h7-8,11,14-15,19-20H,12-13H2,1-6H3/t19-,20+,23?. The summed E-state index contributed by atoms with van der Waals surface area (Å²) in [5.41, 5.74) is 3.84. The van der Waals surface area contributed by atoms with Crippen molar-refractivity contribution in [3.63, 3.8) is 0 Å². The van der Waals surface area contributed by atoms with Crippen molar-refractivity contribution < 1.29 is 9.53 Å². The van der Waals surface area contributed by atoms with Crippen molar-refractivity contribution in [2.75, 3.05) is 0 Å². The SMILES string of the molecule is CC(C)(C)OC(=O)N1[C@@H]2C=C[C@H]1CC(C#N)(c1cncc(C#C[Si](C)(C)C)c1)C2. The maximum atomic E-state index is 12.7. The van der Waals surface area contributed by atoms with Crippen LogP contribution in [-0.2, 0) is 10.2 Å². The Balaban J connectivity index is 1.87. The first-order valence-corrected chi connectivity index (χ1v) is 13.5. The third-order valence-corrected chi connectivity index (χ3v) is 5.95.